The number of guanidine groups is 1. The summed E-state index contributed by atoms with van der Waals surface area (Å²) in [5.41, 5.74) is 7.78. The van der Waals surface area contributed by atoms with Gasteiger partial charge in [0, 0.05) is 25.3 Å². The number of ether oxygens (including phenoxy) is 1. The molecule has 1 aromatic carbocycles. The number of piperidine rings is 1. The topological polar surface area (TPSA) is 80.0 Å². The number of anilines is 1. The summed E-state index contributed by atoms with van der Waals surface area (Å²) in [7, 11) is 0. The van der Waals surface area contributed by atoms with Crippen molar-refractivity contribution in [3.05, 3.63) is 29.8 Å². The summed E-state index contributed by atoms with van der Waals surface area (Å²) >= 11 is 0. The van der Waals surface area contributed by atoms with E-state index in [-0.39, 0.29) is 6.09 Å². The van der Waals surface area contributed by atoms with Gasteiger partial charge in [0.1, 0.15) is 5.60 Å². The first-order valence-electron chi connectivity index (χ1n) is 9.90. The molecule has 1 saturated heterocycles. The quantitative estimate of drug-likeness (QED) is 0.603. The molecule has 2 rings (SSSR count). The van der Waals surface area contributed by atoms with Crippen LogP contribution in [-0.2, 0) is 11.2 Å². The third-order valence-electron chi connectivity index (χ3n) is 4.60. The first-order chi connectivity index (χ1) is 12.8. The molecule has 0 aromatic heterocycles. The summed E-state index contributed by atoms with van der Waals surface area (Å²) in [6.07, 6.45) is 3.80. The first-order valence-corrected chi connectivity index (χ1v) is 9.90. The average molecular weight is 375 g/mol. The minimum absolute atomic E-state index is 0.215. The average Bonchev–Trinajstić information content (AvgIpc) is 2.60. The number of nitrogens with two attached hydrogens (primary N) is 1. The van der Waals surface area contributed by atoms with Gasteiger partial charge in [-0.25, -0.2) is 4.79 Å². The van der Waals surface area contributed by atoms with Crippen molar-refractivity contribution in [1.82, 2.24) is 4.90 Å². The Morgan fingerprint density at radius 3 is 2.89 bits per heavy atom. The summed E-state index contributed by atoms with van der Waals surface area (Å²) in [5.74, 6) is 0.870. The number of rotatable bonds is 5. The molecule has 150 valence electrons. The number of hydrogen-bond acceptors (Lipinski definition) is 3. The molecule has 6 heteroatoms. The van der Waals surface area contributed by atoms with Crippen LogP contribution in [0.3, 0.4) is 0 Å². The molecule has 0 bridgehead atoms. The van der Waals surface area contributed by atoms with E-state index in [4.69, 9.17) is 10.5 Å². The largest absolute Gasteiger partial charge is 0.444 e. The van der Waals surface area contributed by atoms with Crippen LogP contribution in [0.15, 0.2) is 29.3 Å². The number of carbonyl (C=O) groups excluding carboxylic acids is 1. The molecule has 27 heavy (non-hydrogen) atoms. The maximum atomic E-state index is 12.2. The third kappa shape index (κ3) is 7.49. The van der Waals surface area contributed by atoms with E-state index in [1.807, 2.05) is 37.8 Å². The minimum atomic E-state index is -0.455. The maximum Gasteiger partial charge on any atom is 0.410 e. The van der Waals surface area contributed by atoms with Gasteiger partial charge in [0.05, 0.1) is 0 Å². The van der Waals surface area contributed by atoms with Crippen LogP contribution in [-0.4, -0.2) is 42.2 Å². The van der Waals surface area contributed by atoms with Crippen molar-refractivity contribution in [2.24, 2.45) is 16.6 Å². The van der Waals surface area contributed by atoms with Crippen LogP contribution in [0.25, 0.3) is 0 Å². The van der Waals surface area contributed by atoms with Crippen molar-refractivity contribution in [1.29, 1.82) is 0 Å². The molecule has 1 atom stereocenters. The number of benzene rings is 1. The van der Waals surface area contributed by atoms with Crippen LogP contribution < -0.4 is 11.1 Å². The molecule has 1 unspecified atom stereocenters. The van der Waals surface area contributed by atoms with Crippen LogP contribution in [0, 0.1) is 5.92 Å². The summed E-state index contributed by atoms with van der Waals surface area (Å²) in [6.45, 7) is 9.97. The third-order valence-corrected chi connectivity index (χ3v) is 4.60. The number of likely N-dealkylation sites (tertiary alicyclic amines) is 1. The smallest absolute Gasteiger partial charge is 0.410 e. The number of nitrogens with one attached hydrogen (secondary N) is 1. The van der Waals surface area contributed by atoms with Crippen molar-refractivity contribution in [2.75, 3.05) is 25.0 Å². The number of carbonyl (C=O) groups is 1. The highest BCUT2D eigenvalue weighted by Gasteiger charge is 2.27. The van der Waals surface area contributed by atoms with Crippen molar-refractivity contribution < 1.29 is 9.53 Å². The molecule has 1 aliphatic heterocycles. The van der Waals surface area contributed by atoms with Crippen LogP contribution in [0.1, 0.15) is 52.5 Å². The lowest BCUT2D eigenvalue weighted by Gasteiger charge is -2.34. The molecule has 1 amide bonds. The second-order valence-corrected chi connectivity index (χ2v) is 8.17. The second kappa shape index (κ2) is 9.62. The van der Waals surface area contributed by atoms with Gasteiger partial charge in [-0.3, -0.25) is 4.99 Å². The molecule has 0 radical (unpaired) electrons. The fourth-order valence-electron chi connectivity index (χ4n) is 3.22. The first kappa shape index (κ1) is 21.1. The Hall–Kier alpha value is -2.24. The molecular formula is C21H34N4O2. The van der Waals surface area contributed by atoms with E-state index < -0.39 is 5.60 Å². The van der Waals surface area contributed by atoms with Crippen molar-refractivity contribution in [3.8, 4) is 0 Å². The summed E-state index contributed by atoms with van der Waals surface area (Å²) < 4.78 is 5.48. The number of aliphatic imine (C=N–C) groups is 1. The zero-order chi connectivity index (χ0) is 19.9. The Balaban J connectivity index is 1.79. The molecule has 1 aliphatic rings. The lowest BCUT2D eigenvalue weighted by molar-refractivity contribution is 0.0163. The lowest BCUT2D eigenvalue weighted by atomic mass is 9.95. The molecule has 0 saturated carbocycles. The van der Waals surface area contributed by atoms with Gasteiger partial charge in [0.2, 0.25) is 0 Å². The molecule has 3 N–H and O–H groups in total. The van der Waals surface area contributed by atoms with E-state index in [2.05, 4.69) is 29.4 Å². The van der Waals surface area contributed by atoms with Crippen molar-refractivity contribution in [2.45, 2.75) is 59.0 Å². The molecule has 1 fully saturated rings. The molecule has 6 nitrogen and oxygen atoms in total. The van der Waals surface area contributed by atoms with Crippen LogP contribution in [0.2, 0.25) is 0 Å². The molecule has 1 heterocycles. The highest BCUT2D eigenvalue weighted by atomic mass is 16.6. The van der Waals surface area contributed by atoms with Crippen LogP contribution in [0.5, 0.6) is 0 Å². The Kier molecular flexibility index (Phi) is 7.51. The lowest BCUT2D eigenvalue weighted by Crippen LogP contribution is -2.43. The van der Waals surface area contributed by atoms with E-state index in [0.717, 1.165) is 44.5 Å². The van der Waals surface area contributed by atoms with Gasteiger partial charge in [0.15, 0.2) is 5.96 Å². The van der Waals surface area contributed by atoms with Gasteiger partial charge in [-0.05, 0) is 70.1 Å². The highest BCUT2D eigenvalue weighted by Crippen LogP contribution is 2.21. The van der Waals surface area contributed by atoms with E-state index in [1.54, 1.807) is 0 Å². The Bertz CT molecular complexity index is 652. The van der Waals surface area contributed by atoms with E-state index in [9.17, 15) is 4.79 Å². The Morgan fingerprint density at radius 2 is 2.19 bits per heavy atom. The zero-order valence-electron chi connectivity index (χ0n) is 17.1. The minimum Gasteiger partial charge on any atom is -0.444 e. The Labute approximate surface area is 163 Å². The fourth-order valence-corrected chi connectivity index (χ4v) is 3.22. The molecular weight excluding hydrogens is 340 g/mol. The number of aryl methyl sites for hydroxylation is 1. The number of amides is 1. The summed E-state index contributed by atoms with van der Waals surface area (Å²) in [5, 5.41) is 3.15. The maximum absolute atomic E-state index is 12.2. The monoisotopic (exact) mass is 374 g/mol. The molecule has 0 aliphatic carbocycles. The van der Waals surface area contributed by atoms with Gasteiger partial charge < -0.3 is 20.7 Å². The Morgan fingerprint density at radius 1 is 1.41 bits per heavy atom. The zero-order valence-corrected chi connectivity index (χ0v) is 17.1. The van der Waals surface area contributed by atoms with Gasteiger partial charge in [0.25, 0.3) is 0 Å². The van der Waals surface area contributed by atoms with Crippen molar-refractivity contribution >= 4 is 17.7 Å². The summed E-state index contributed by atoms with van der Waals surface area (Å²) in [4.78, 5) is 18.5. The summed E-state index contributed by atoms with van der Waals surface area (Å²) in [6, 6.07) is 8.18. The normalized spacial score (nSPS) is 18.3. The SMILES string of the molecule is CCc1cccc(NC(N)=NCCC2CCCN(C(=O)OC(C)(C)C)C2)c1. The van der Waals surface area contributed by atoms with Gasteiger partial charge in [-0.2, -0.15) is 0 Å². The van der Waals surface area contributed by atoms with Crippen LogP contribution >= 0.6 is 0 Å². The number of hydrogen-bond donors (Lipinski definition) is 2. The highest BCUT2D eigenvalue weighted by molar-refractivity contribution is 5.92. The molecule has 0 spiro atoms. The predicted molar refractivity (Wildman–Crippen MR) is 111 cm³/mol. The van der Waals surface area contributed by atoms with Gasteiger partial charge >= 0.3 is 6.09 Å². The van der Waals surface area contributed by atoms with Crippen molar-refractivity contribution in [3.63, 3.8) is 0 Å². The van der Waals surface area contributed by atoms with E-state index >= 15 is 0 Å². The molecule has 1 aromatic rings. The fraction of sp³-hybridized carbons (Fsp3) is 0.619. The second-order valence-electron chi connectivity index (χ2n) is 8.17. The van der Waals surface area contributed by atoms with E-state index in [1.165, 1.54) is 5.56 Å². The number of nitrogens with zero attached hydrogens (tertiary/aromatic N) is 2. The van der Waals surface area contributed by atoms with Gasteiger partial charge in [-0.15, -0.1) is 0 Å². The van der Waals surface area contributed by atoms with Crippen LogP contribution in [0.4, 0.5) is 10.5 Å². The van der Waals surface area contributed by atoms with Gasteiger partial charge in [-0.1, -0.05) is 19.1 Å². The standard InChI is InChI=1S/C21H34N4O2/c1-5-16-8-6-10-18(14-16)24-19(22)23-12-11-17-9-7-13-25(15-17)20(26)27-21(2,3)4/h6,8,10,14,17H,5,7,9,11-13,15H2,1-4H3,(H3,22,23,24). The van der Waals surface area contributed by atoms with E-state index in [0.29, 0.717) is 18.4 Å². The predicted octanol–water partition coefficient (Wildman–Crippen LogP) is 4.01.